The molecule has 1 aliphatic heterocycles. The first-order valence-corrected chi connectivity index (χ1v) is 6.72. The standard InChI is InChI=1S/C16H14N2O3/c1-2-21-16(20)11-3-5-13(6-4-11)18-10-12-7-8-17-9-14(12)15(18)19/h3-9H,2,10H2,1H3. The Kier molecular flexibility index (Phi) is 3.39. The van der Waals surface area contributed by atoms with E-state index in [1.807, 2.05) is 6.07 Å². The van der Waals surface area contributed by atoms with Crippen LogP contribution in [0.5, 0.6) is 0 Å². The highest BCUT2D eigenvalue weighted by atomic mass is 16.5. The number of esters is 1. The summed E-state index contributed by atoms with van der Waals surface area (Å²) in [4.78, 5) is 29.6. The van der Waals surface area contributed by atoms with Crippen molar-refractivity contribution in [2.75, 3.05) is 11.5 Å². The van der Waals surface area contributed by atoms with Crippen LogP contribution >= 0.6 is 0 Å². The molecule has 1 aromatic heterocycles. The van der Waals surface area contributed by atoms with E-state index in [-0.39, 0.29) is 11.9 Å². The van der Waals surface area contributed by atoms with E-state index in [9.17, 15) is 9.59 Å². The Hall–Kier alpha value is -2.69. The number of amides is 1. The monoisotopic (exact) mass is 282 g/mol. The van der Waals surface area contributed by atoms with Gasteiger partial charge < -0.3 is 9.64 Å². The van der Waals surface area contributed by atoms with Gasteiger partial charge in [-0.3, -0.25) is 9.78 Å². The van der Waals surface area contributed by atoms with Crippen LogP contribution < -0.4 is 4.90 Å². The molecule has 5 nitrogen and oxygen atoms in total. The van der Waals surface area contributed by atoms with Crippen molar-refractivity contribution in [3.05, 3.63) is 59.4 Å². The second-order valence-electron chi connectivity index (χ2n) is 4.69. The Morgan fingerprint density at radius 2 is 2.05 bits per heavy atom. The molecule has 0 bridgehead atoms. The first-order valence-electron chi connectivity index (χ1n) is 6.72. The lowest BCUT2D eigenvalue weighted by Gasteiger charge is -2.15. The Morgan fingerprint density at radius 3 is 2.71 bits per heavy atom. The lowest BCUT2D eigenvalue weighted by atomic mass is 10.2. The number of fused-ring (bicyclic) bond motifs is 1. The number of nitrogens with zero attached hydrogens (tertiary/aromatic N) is 2. The molecule has 0 spiro atoms. The zero-order chi connectivity index (χ0) is 14.8. The summed E-state index contributed by atoms with van der Waals surface area (Å²) < 4.78 is 4.94. The second kappa shape index (κ2) is 5.36. The van der Waals surface area contributed by atoms with Crippen molar-refractivity contribution in [1.29, 1.82) is 0 Å². The Labute approximate surface area is 122 Å². The molecule has 3 rings (SSSR count). The molecular weight excluding hydrogens is 268 g/mol. The van der Waals surface area contributed by atoms with Gasteiger partial charge in [-0.1, -0.05) is 0 Å². The van der Waals surface area contributed by atoms with E-state index in [4.69, 9.17) is 4.74 Å². The number of carbonyl (C=O) groups is 2. The van der Waals surface area contributed by atoms with Crippen LogP contribution in [0.4, 0.5) is 5.69 Å². The van der Waals surface area contributed by atoms with Gasteiger partial charge >= 0.3 is 5.97 Å². The molecule has 1 aliphatic rings. The predicted octanol–water partition coefficient (Wildman–Crippen LogP) is 2.42. The molecule has 2 aromatic rings. The largest absolute Gasteiger partial charge is 0.462 e. The third-order valence-electron chi connectivity index (χ3n) is 3.41. The lowest BCUT2D eigenvalue weighted by molar-refractivity contribution is 0.0526. The highest BCUT2D eigenvalue weighted by Crippen LogP contribution is 2.27. The number of ether oxygens (including phenoxy) is 1. The Bertz CT molecular complexity index is 695. The van der Waals surface area contributed by atoms with Crippen molar-refractivity contribution < 1.29 is 14.3 Å². The second-order valence-corrected chi connectivity index (χ2v) is 4.69. The fourth-order valence-corrected chi connectivity index (χ4v) is 2.34. The van der Waals surface area contributed by atoms with E-state index < -0.39 is 0 Å². The Balaban J connectivity index is 1.83. The van der Waals surface area contributed by atoms with Crippen LogP contribution in [0.1, 0.15) is 33.2 Å². The van der Waals surface area contributed by atoms with Gasteiger partial charge in [-0.25, -0.2) is 4.79 Å². The number of hydrogen-bond acceptors (Lipinski definition) is 4. The molecule has 0 radical (unpaired) electrons. The first kappa shape index (κ1) is 13.3. The summed E-state index contributed by atoms with van der Waals surface area (Å²) in [6, 6.07) is 8.69. The van der Waals surface area contributed by atoms with E-state index >= 15 is 0 Å². The van der Waals surface area contributed by atoms with Gasteiger partial charge in [0, 0.05) is 18.1 Å². The van der Waals surface area contributed by atoms with Crippen LogP contribution in [0.15, 0.2) is 42.7 Å². The van der Waals surface area contributed by atoms with Gasteiger partial charge in [0.25, 0.3) is 5.91 Å². The van der Waals surface area contributed by atoms with Gasteiger partial charge in [-0.05, 0) is 42.8 Å². The minimum Gasteiger partial charge on any atom is -0.462 e. The normalized spacial score (nSPS) is 13.2. The van der Waals surface area contributed by atoms with E-state index in [0.717, 1.165) is 11.3 Å². The number of anilines is 1. The smallest absolute Gasteiger partial charge is 0.338 e. The molecule has 2 heterocycles. The van der Waals surface area contributed by atoms with Gasteiger partial charge in [0.15, 0.2) is 0 Å². The van der Waals surface area contributed by atoms with Gasteiger partial charge in [-0.15, -0.1) is 0 Å². The van der Waals surface area contributed by atoms with Crippen LogP contribution in [0, 0.1) is 0 Å². The topological polar surface area (TPSA) is 59.5 Å². The predicted molar refractivity (Wildman–Crippen MR) is 77.1 cm³/mol. The lowest BCUT2D eigenvalue weighted by Crippen LogP contribution is -2.23. The average Bonchev–Trinajstić information content (AvgIpc) is 2.85. The van der Waals surface area contributed by atoms with Crippen molar-refractivity contribution in [2.24, 2.45) is 0 Å². The molecule has 1 aromatic carbocycles. The Morgan fingerprint density at radius 1 is 1.29 bits per heavy atom. The summed E-state index contributed by atoms with van der Waals surface area (Å²) in [5.74, 6) is -0.425. The fraction of sp³-hybridized carbons (Fsp3) is 0.188. The van der Waals surface area contributed by atoms with Crippen molar-refractivity contribution in [3.63, 3.8) is 0 Å². The maximum absolute atomic E-state index is 12.3. The average molecular weight is 282 g/mol. The van der Waals surface area contributed by atoms with Crippen LogP contribution in [-0.4, -0.2) is 23.5 Å². The summed E-state index contributed by atoms with van der Waals surface area (Å²) in [6.45, 7) is 2.63. The maximum atomic E-state index is 12.3. The van der Waals surface area contributed by atoms with Crippen LogP contribution in [0.25, 0.3) is 0 Å². The first-order chi connectivity index (χ1) is 10.2. The zero-order valence-corrected chi connectivity index (χ0v) is 11.6. The van der Waals surface area contributed by atoms with E-state index in [1.54, 1.807) is 48.5 Å². The molecule has 0 fully saturated rings. The van der Waals surface area contributed by atoms with Crippen molar-refractivity contribution >= 4 is 17.6 Å². The van der Waals surface area contributed by atoms with Gasteiger partial charge in [-0.2, -0.15) is 0 Å². The van der Waals surface area contributed by atoms with Crippen molar-refractivity contribution in [1.82, 2.24) is 4.98 Å². The molecule has 106 valence electrons. The van der Waals surface area contributed by atoms with Crippen LogP contribution in [0.2, 0.25) is 0 Å². The van der Waals surface area contributed by atoms with E-state index in [0.29, 0.717) is 24.3 Å². The number of aromatic nitrogens is 1. The quantitative estimate of drug-likeness (QED) is 0.811. The fourth-order valence-electron chi connectivity index (χ4n) is 2.34. The van der Waals surface area contributed by atoms with Gasteiger partial charge in [0.1, 0.15) is 0 Å². The number of hydrogen-bond donors (Lipinski definition) is 0. The van der Waals surface area contributed by atoms with Crippen LogP contribution in [0.3, 0.4) is 0 Å². The summed E-state index contributed by atoms with van der Waals surface area (Å²) in [5.41, 5.74) is 2.83. The molecule has 21 heavy (non-hydrogen) atoms. The third kappa shape index (κ3) is 2.38. The SMILES string of the molecule is CCOC(=O)c1ccc(N2Cc3ccncc3C2=O)cc1. The molecule has 1 amide bonds. The van der Waals surface area contributed by atoms with Crippen LogP contribution in [-0.2, 0) is 11.3 Å². The number of rotatable bonds is 3. The minimum absolute atomic E-state index is 0.0676. The maximum Gasteiger partial charge on any atom is 0.338 e. The summed E-state index contributed by atoms with van der Waals surface area (Å²) in [6.07, 6.45) is 3.27. The summed E-state index contributed by atoms with van der Waals surface area (Å²) >= 11 is 0. The number of benzene rings is 1. The minimum atomic E-state index is -0.357. The van der Waals surface area contributed by atoms with E-state index in [1.165, 1.54) is 0 Å². The molecule has 5 heteroatoms. The van der Waals surface area contributed by atoms with Gasteiger partial charge in [0.05, 0.1) is 24.3 Å². The highest BCUT2D eigenvalue weighted by molar-refractivity contribution is 6.09. The molecule has 0 unspecified atom stereocenters. The molecule has 0 saturated carbocycles. The number of pyridine rings is 1. The molecule has 0 aliphatic carbocycles. The molecule has 0 atom stereocenters. The van der Waals surface area contributed by atoms with Crippen molar-refractivity contribution in [2.45, 2.75) is 13.5 Å². The highest BCUT2D eigenvalue weighted by Gasteiger charge is 2.28. The molecular formula is C16H14N2O3. The number of carbonyl (C=O) groups excluding carboxylic acids is 2. The zero-order valence-electron chi connectivity index (χ0n) is 11.6. The molecule has 0 saturated heterocycles. The van der Waals surface area contributed by atoms with Crippen molar-refractivity contribution in [3.8, 4) is 0 Å². The summed E-state index contributed by atoms with van der Waals surface area (Å²) in [5, 5.41) is 0. The molecule has 0 N–H and O–H groups in total. The van der Waals surface area contributed by atoms with Gasteiger partial charge in [0.2, 0.25) is 0 Å². The third-order valence-corrected chi connectivity index (χ3v) is 3.41. The van der Waals surface area contributed by atoms with E-state index in [2.05, 4.69) is 4.98 Å². The summed E-state index contributed by atoms with van der Waals surface area (Å²) in [7, 11) is 0.